The van der Waals surface area contributed by atoms with Gasteiger partial charge in [0, 0.05) is 0 Å². The molecule has 34 heavy (non-hydrogen) atoms. The fraction of sp³-hybridized carbons (Fsp3) is 0.556. The van der Waals surface area contributed by atoms with Gasteiger partial charge in [-0.1, -0.05) is 0 Å². The molecule has 0 radical (unpaired) electrons. The van der Waals surface area contributed by atoms with Crippen LogP contribution in [0.5, 0.6) is 6.01 Å². The minimum absolute atomic E-state index is 0.0965. The Balaban J connectivity index is 1.93. The van der Waals surface area contributed by atoms with Crippen molar-refractivity contribution in [1.29, 1.82) is 5.26 Å². The third kappa shape index (κ3) is 6.91. The van der Waals surface area contributed by atoms with Gasteiger partial charge < -0.3 is 0 Å². The summed E-state index contributed by atoms with van der Waals surface area (Å²) in [6.07, 6.45) is 7.19. The zero-order valence-corrected chi connectivity index (χ0v) is 23.2. The van der Waals surface area contributed by atoms with Crippen molar-refractivity contribution >= 4 is 25.7 Å². The second kappa shape index (κ2) is 12.5. The van der Waals surface area contributed by atoms with Gasteiger partial charge in [0.2, 0.25) is 0 Å². The minimum atomic E-state index is -1.63. The van der Waals surface area contributed by atoms with Crippen LogP contribution in [-0.2, 0) is 12.8 Å². The molecule has 1 amide bonds. The zero-order valence-electron chi connectivity index (χ0n) is 21.1. The molecule has 1 saturated carbocycles. The van der Waals surface area contributed by atoms with Gasteiger partial charge in [-0.3, -0.25) is 0 Å². The number of nitrogens with zero attached hydrogens (tertiary/aromatic N) is 3. The van der Waals surface area contributed by atoms with Crippen LogP contribution in [0.3, 0.4) is 0 Å². The van der Waals surface area contributed by atoms with Crippen LogP contribution in [0.15, 0.2) is 18.2 Å². The monoisotopic (exact) mass is 576 g/mol. The number of nitriles is 1. The van der Waals surface area contributed by atoms with Crippen LogP contribution in [0.25, 0.3) is 0 Å². The molecule has 1 fully saturated rings. The van der Waals surface area contributed by atoms with Crippen LogP contribution in [0.2, 0.25) is 0 Å². The molecule has 0 spiro atoms. The average Bonchev–Trinajstić information content (AvgIpc) is 2.82. The molecule has 3 rings (SSSR count). The molecular weight excluding hydrogens is 539 g/mol. The number of ether oxygens (including phenoxy) is 1. The molecule has 1 heterocycles. The van der Waals surface area contributed by atoms with Crippen molar-refractivity contribution in [2.75, 3.05) is 16.4 Å². The molecule has 1 aromatic carbocycles. The van der Waals surface area contributed by atoms with Gasteiger partial charge in [0.1, 0.15) is 0 Å². The number of aromatic nitrogens is 2. The summed E-state index contributed by atoms with van der Waals surface area (Å²) in [4.78, 5) is 24.0. The van der Waals surface area contributed by atoms with Crippen molar-refractivity contribution in [3.63, 3.8) is 0 Å². The Hall–Kier alpha value is -2.21. The molecule has 0 atom stereocenters. The summed E-state index contributed by atoms with van der Waals surface area (Å²) in [5.41, 5.74) is 4.28. The first-order chi connectivity index (χ1) is 16.3. The Morgan fingerprint density at radius 1 is 1.24 bits per heavy atom. The number of benzene rings is 1. The van der Waals surface area contributed by atoms with E-state index >= 15 is 0 Å². The molecule has 184 valence electrons. The van der Waals surface area contributed by atoms with Crippen LogP contribution >= 0.6 is 19.8 Å². The summed E-state index contributed by atoms with van der Waals surface area (Å²) in [5.74, 6) is 0.471. The fourth-order valence-electron chi connectivity index (χ4n) is 4.38. The Morgan fingerprint density at radius 2 is 1.97 bits per heavy atom. The third-order valence-electron chi connectivity index (χ3n) is 6.17. The van der Waals surface area contributed by atoms with Crippen LogP contribution in [0, 0.1) is 27.9 Å². The predicted molar refractivity (Wildman–Crippen MR) is 145 cm³/mol. The van der Waals surface area contributed by atoms with Crippen molar-refractivity contribution in [2.45, 2.75) is 71.8 Å². The first-order valence-electron chi connectivity index (χ1n) is 12.2. The number of carbonyl (C=O) groups excluding carboxylic acids is 1. The van der Waals surface area contributed by atoms with E-state index in [1.165, 1.54) is 19.3 Å². The van der Waals surface area contributed by atoms with E-state index in [1.807, 2.05) is 18.2 Å². The molecule has 1 aliphatic carbocycles. The number of alkyl halides is 2. The number of hydrogen-bond acceptors (Lipinski definition) is 5. The van der Waals surface area contributed by atoms with E-state index in [0.717, 1.165) is 37.8 Å². The van der Waals surface area contributed by atoms with Crippen LogP contribution < -0.4 is 10.1 Å². The van der Waals surface area contributed by atoms with Crippen molar-refractivity contribution in [3.05, 3.63) is 49.8 Å². The van der Waals surface area contributed by atoms with Gasteiger partial charge in [0.25, 0.3) is 0 Å². The molecule has 0 unspecified atom stereocenters. The first-order valence-corrected chi connectivity index (χ1v) is 16.9. The molecule has 0 bridgehead atoms. The summed E-state index contributed by atoms with van der Waals surface area (Å²) >= 11 is -1.63. The van der Waals surface area contributed by atoms with Crippen molar-refractivity contribution in [2.24, 2.45) is 5.92 Å². The summed E-state index contributed by atoms with van der Waals surface area (Å²) < 4.78 is 8.33. The Morgan fingerprint density at radius 3 is 2.62 bits per heavy atom. The van der Waals surface area contributed by atoms with E-state index in [-0.39, 0.29) is 12.0 Å². The number of halogens is 1. The van der Waals surface area contributed by atoms with Gasteiger partial charge in [-0.05, 0) is 0 Å². The molecule has 0 saturated heterocycles. The topological polar surface area (TPSA) is 87.9 Å². The standard InChI is InChI=1S/C27H37IN4O2/c1-18(2)16-28(4)25-23(17-29)24(31-27(32-25)34-22-9-7-6-8-10-22)14-13-20-15-21(26(33)30-5)12-11-19(20)3/h11-12,15,18,22H,6-10,13-14,16H2,1-5H3,(H,30,33). The molecule has 6 nitrogen and oxygen atoms in total. The summed E-state index contributed by atoms with van der Waals surface area (Å²) in [6.45, 7) is 6.50. The third-order valence-corrected chi connectivity index (χ3v) is 11.8. The van der Waals surface area contributed by atoms with Gasteiger partial charge in [-0.2, -0.15) is 0 Å². The molecule has 1 N–H and O–H groups in total. The number of aryl methyl sites for hydroxylation is 3. The van der Waals surface area contributed by atoms with Gasteiger partial charge in [0.15, 0.2) is 0 Å². The number of hydrogen-bond donors (Lipinski definition) is 1. The quantitative estimate of drug-likeness (QED) is 0.243. The summed E-state index contributed by atoms with van der Waals surface area (Å²) in [6, 6.07) is 8.64. The molecule has 1 aliphatic rings. The summed E-state index contributed by atoms with van der Waals surface area (Å²) in [7, 11) is 1.64. The number of amides is 1. The van der Waals surface area contributed by atoms with Crippen molar-refractivity contribution in [3.8, 4) is 12.1 Å². The SMILES string of the molecule is CNC(=O)c1ccc(C)c(CCc2nc(OC3CCCCC3)nc(I(C)CC(C)C)c2C#N)c1. The molecular formula is C27H37IN4O2. The Kier molecular flexibility index (Phi) is 9.69. The maximum atomic E-state index is 12.1. The van der Waals surface area contributed by atoms with E-state index in [0.29, 0.717) is 35.9 Å². The van der Waals surface area contributed by atoms with Crippen molar-refractivity contribution < 1.29 is 9.53 Å². The Bertz CT molecular complexity index is 1040. The van der Waals surface area contributed by atoms with Crippen LogP contribution in [0.4, 0.5) is 0 Å². The van der Waals surface area contributed by atoms with E-state index < -0.39 is 19.8 Å². The Labute approximate surface area is 211 Å². The normalized spacial score (nSPS) is 14.6. The molecule has 0 aliphatic heterocycles. The maximum absolute atomic E-state index is 12.1. The number of rotatable bonds is 9. The zero-order chi connectivity index (χ0) is 24.7. The molecule has 2 aromatic rings. The van der Waals surface area contributed by atoms with E-state index in [1.54, 1.807) is 7.05 Å². The number of carbonyl (C=O) groups is 1. The molecule has 7 heteroatoms. The second-order valence-electron chi connectivity index (χ2n) is 9.47. The van der Waals surface area contributed by atoms with E-state index in [9.17, 15) is 10.1 Å². The van der Waals surface area contributed by atoms with E-state index in [2.05, 4.69) is 37.1 Å². The number of nitrogens with one attached hydrogen (secondary N) is 1. The van der Waals surface area contributed by atoms with Gasteiger partial charge in [-0.15, -0.1) is 0 Å². The fourth-order valence-corrected chi connectivity index (χ4v) is 9.41. The summed E-state index contributed by atoms with van der Waals surface area (Å²) in [5, 5.41) is 12.8. The van der Waals surface area contributed by atoms with Crippen molar-refractivity contribution in [1.82, 2.24) is 15.3 Å². The average molecular weight is 577 g/mol. The second-order valence-corrected chi connectivity index (χ2v) is 14.7. The van der Waals surface area contributed by atoms with Gasteiger partial charge in [-0.25, -0.2) is 0 Å². The molecule has 1 aromatic heterocycles. The van der Waals surface area contributed by atoms with Gasteiger partial charge in [0.05, 0.1) is 0 Å². The van der Waals surface area contributed by atoms with E-state index in [4.69, 9.17) is 14.7 Å². The first kappa shape index (κ1) is 26.4. The van der Waals surface area contributed by atoms with Gasteiger partial charge >= 0.3 is 212 Å². The van der Waals surface area contributed by atoms with Crippen LogP contribution in [-0.4, -0.2) is 38.4 Å². The predicted octanol–water partition coefficient (Wildman–Crippen LogP) is 5.47. The van der Waals surface area contributed by atoms with Crippen LogP contribution in [0.1, 0.15) is 78.7 Å².